The lowest BCUT2D eigenvalue weighted by Gasteiger charge is -2.06. The number of phenols is 1. The van der Waals surface area contributed by atoms with Gasteiger partial charge >= 0.3 is 0 Å². The maximum Gasteiger partial charge on any atom is 0.115 e. The van der Waals surface area contributed by atoms with E-state index in [1.165, 1.54) is 18.5 Å². The largest absolute Gasteiger partial charge is 0.508 e. The van der Waals surface area contributed by atoms with E-state index in [0.717, 1.165) is 11.3 Å². The summed E-state index contributed by atoms with van der Waals surface area (Å²) in [7, 11) is 0. The van der Waals surface area contributed by atoms with Crippen molar-refractivity contribution >= 4 is 11.6 Å². The molecule has 0 atom stereocenters. The van der Waals surface area contributed by atoms with E-state index in [9.17, 15) is 5.11 Å². The Labute approximate surface area is 110 Å². The van der Waals surface area contributed by atoms with Gasteiger partial charge < -0.3 is 5.11 Å². The second kappa shape index (κ2) is 4.61. The monoisotopic (exact) mass is 263 g/mol. The molecule has 1 aromatic heterocycles. The molecule has 1 aromatic carbocycles. The fraction of sp³-hybridized carbons (Fsp3) is 0.385. The lowest BCUT2D eigenvalue weighted by atomic mass is 10.2. The minimum Gasteiger partial charge on any atom is -0.508 e. The van der Waals surface area contributed by atoms with Gasteiger partial charge in [0.2, 0.25) is 0 Å². The molecule has 1 heterocycles. The minimum atomic E-state index is 0.279. The quantitative estimate of drug-likeness (QED) is 0.863. The summed E-state index contributed by atoms with van der Waals surface area (Å²) in [6, 6.07) is 7.17. The maximum atomic E-state index is 9.27. The van der Waals surface area contributed by atoms with Crippen LogP contribution in [-0.4, -0.2) is 20.1 Å². The first-order valence-electron chi connectivity index (χ1n) is 6.04. The van der Waals surface area contributed by atoms with Gasteiger partial charge in [0, 0.05) is 5.92 Å². The fourth-order valence-corrected chi connectivity index (χ4v) is 2.34. The number of hydrogen-bond donors (Lipinski definition) is 1. The van der Waals surface area contributed by atoms with Gasteiger partial charge in [-0.3, -0.25) is 0 Å². The van der Waals surface area contributed by atoms with Crippen LogP contribution in [0.15, 0.2) is 24.3 Å². The Balaban J connectivity index is 1.88. The molecular weight excluding hydrogens is 250 g/mol. The van der Waals surface area contributed by atoms with Gasteiger partial charge in [-0.1, -0.05) is 17.3 Å². The third-order valence-corrected chi connectivity index (χ3v) is 3.46. The first-order chi connectivity index (χ1) is 8.78. The summed E-state index contributed by atoms with van der Waals surface area (Å²) in [6.45, 7) is 0.677. The van der Waals surface area contributed by atoms with E-state index in [1.54, 1.807) is 12.1 Å². The molecule has 18 heavy (non-hydrogen) atoms. The Morgan fingerprint density at radius 3 is 2.61 bits per heavy atom. The number of nitrogens with zero attached hydrogens (tertiary/aromatic N) is 3. The molecule has 1 saturated carbocycles. The third-order valence-electron chi connectivity index (χ3n) is 3.21. The molecule has 94 valence electrons. The Bertz CT molecular complexity index is 546. The summed E-state index contributed by atoms with van der Waals surface area (Å²) in [4.78, 5) is 0. The molecule has 2 aromatic rings. The van der Waals surface area contributed by atoms with Gasteiger partial charge in [-0.15, -0.1) is 16.7 Å². The molecule has 0 radical (unpaired) electrons. The second-order valence-electron chi connectivity index (χ2n) is 4.65. The number of aromatic nitrogens is 3. The van der Waals surface area contributed by atoms with Crippen LogP contribution in [0.3, 0.4) is 0 Å². The van der Waals surface area contributed by atoms with Crippen LogP contribution >= 0.6 is 11.6 Å². The number of hydrogen-bond acceptors (Lipinski definition) is 3. The molecular formula is C13H14ClN3O. The van der Waals surface area contributed by atoms with Crippen molar-refractivity contribution in [3.63, 3.8) is 0 Å². The summed E-state index contributed by atoms with van der Waals surface area (Å²) in [5, 5.41) is 17.6. The molecule has 0 amide bonds. The number of halogens is 1. The third kappa shape index (κ3) is 2.20. The van der Waals surface area contributed by atoms with E-state index in [1.807, 2.05) is 16.8 Å². The molecule has 0 aliphatic heterocycles. The van der Waals surface area contributed by atoms with Gasteiger partial charge in [-0.05, 0) is 30.5 Å². The SMILES string of the molecule is Oc1ccc(Cn2nnc(CCl)c2C2CC2)cc1. The number of phenolic OH excluding ortho intramolecular Hbond substituents is 1. The highest BCUT2D eigenvalue weighted by molar-refractivity contribution is 6.16. The molecule has 0 unspecified atom stereocenters. The van der Waals surface area contributed by atoms with Crippen molar-refractivity contribution in [2.24, 2.45) is 0 Å². The molecule has 1 aliphatic rings. The fourth-order valence-electron chi connectivity index (χ4n) is 2.15. The second-order valence-corrected chi connectivity index (χ2v) is 4.92. The normalized spacial score (nSPS) is 14.9. The highest BCUT2D eigenvalue weighted by Crippen LogP contribution is 2.41. The van der Waals surface area contributed by atoms with Crippen molar-refractivity contribution < 1.29 is 5.11 Å². The zero-order chi connectivity index (χ0) is 12.5. The molecule has 0 saturated heterocycles. The van der Waals surface area contributed by atoms with Crippen molar-refractivity contribution in [3.05, 3.63) is 41.2 Å². The van der Waals surface area contributed by atoms with Crippen LogP contribution in [0.5, 0.6) is 5.75 Å². The van der Waals surface area contributed by atoms with Crippen molar-refractivity contribution in [3.8, 4) is 5.75 Å². The number of aromatic hydroxyl groups is 1. The smallest absolute Gasteiger partial charge is 0.115 e. The Morgan fingerprint density at radius 1 is 1.28 bits per heavy atom. The minimum absolute atomic E-state index is 0.279. The number of alkyl halides is 1. The van der Waals surface area contributed by atoms with E-state index in [2.05, 4.69) is 10.3 Å². The van der Waals surface area contributed by atoms with Crippen molar-refractivity contribution in [1.29, 1.82) is 0 Å². The number of benzene rings is 1. The molecule has 1 aliphatic carbocycles. The summed E-state index contributed by atoms with van der Waals surface area (Å²) >= 11 is 5.89. The summed E-state index contributed by atoms with van der Waals surface area (Å²) in [6.07, 6.45) is 2.40. The molecule has 5 heteroatoms. The summed E-state index contributed by atoms with van der Waals surface area (Å²) in [5.41, 5.74) is 3.18. The first kappa shape index (κ1) is 11.5. The molecule has 0 spiro atoms. The Hall–Kier alpha value is -1.55. The zero-order valence-corrected chi connectivity index (χ0v) is 10.6. The molecule has 4 nitrogen and oxygen atoms in total. The van der Waals surface area contributed by atoms with E-state index < -0.39 is 0 Å². The van der Waals surface area contributed by atoms with Gasteiger partial charge in [0.1, 0.15) is 11.4 Å². The highest BCUT2D eigenvalue weighted by atomic mass is 35.5. The van der Waals surface area contributed by atoms with Crippen LogP contribution in [0.2, 0.25) is 0 Å². The first-order valence-corrected chi connectivity index (χ1v) is 6.57. The van der Waals surface area contributed by atoms with E-state index in [-0.39, 0.29) is 5.75 Å². The van der Waals surface area contributed by atoms with Crippen LogP contribution in [0, 0.1) is 0 Å². The molecule has 1 N–H and O–H groups in total. The predicted octanol–water partition coefficient (Wildman–Crippen LogP) is 2.65. The van der Waals surface area contributed by atoms with Crippen LogP contribution in [0.4, 0.5) is 0 Å². The van der Waals surface area contributed by atoms with Crippen LogP contribution in [0.1, 0.15) is 35.7 Å². The van der Waals surface area contributed by atoms with Gasteiger partial charge in [0.05, 0.1) is 18.1 Å². The average Bonchev–Trinajstić information content (AvgIpc) is 3.14. The van der Waals surface area contributed by atoms with Crippen LogP contribution in [-0.2, 0) is 12.4 Å². The predicted molar refractivity (Wildman–Crippen MR) is 68.8 cm³/mol. The lowest BCUT2D eigenvalue weighted by molar-refractivity contribution is 0.475. The van der Waals surface area contributed by atoms with Crippen molar-refractivity contribution in [2.75, 3.05) is 0 Å². The molecule has 0 bridgehead atoms. The molecule has 3 rings (SSSR count). The Morgan fingerprint density at radius 2 is 2.00 bits per heavy atom. The maximum absolute atomic E-state index is 9.27. The van der Waals surface area contributed by atoms with E-state index >= 15 is 0 Å². The standard InChI is InChI=1S/C13H14ClN3O/c14-7-12-13(10-3-4-10)17(16-15-12)8-9-1-5-11(18)6-2-9/h1-2,5-6,10,18H,3-4,7-8H2. The zero-order valence-electron chi connectivity index (χ0n) is 9.88. The molecule has 1 fully saturated rings. The van der Waals surface area contributed by atoms with Gasteiger partial charge in [0.25, 0.3) is 0 Å². The van der Waals surface area contributed by atoms with Crippen molar-refractivity contribution in [1.82, 2.24) is 15.0 Å². The highest BCUT2D eigenvalue weighted by Gasteiger charge is 2.30. The number of rotatable bonds is 4. The van der Waals surface area contributed by atoms with Crippen LogP contribution in [0.25, 0.3) is 0 Å². The van der Waals surface area contributed by atoms with Gasteiger partial charge in [-0.2, -0.15) is 0 Å². The van der Waals surface area contributed by atoms with Crippen LogP contribution < -0.4 is 0 Å². The van der Waals surface area contributed by atoms with Gasteiger partial charge in [-0.25, -0.2) is 4.68 Å². The van der Waals surface area contributed by atoms with E-state index in [0.29, 0.717) is 18.3 Å². The van der Waals surface area contributed by atoms with Crippen molar-refractivity contribution in [2.45, 2.75) is 31.2 Å². The summed E-state index contributed by atoms with van der Waals surface area (Å²) in [5.74, 6) is 1.27. The lowest BCUT2D eigenvalue weighted by Crippen LogP contribution is -2.06. The van der Waals surface area contributed by atoms with Gasteiger partial charge in [0.15, 0.2) is 0 Å². The van der Waals surface area contributed by atoms with E-state index in [4.69, 9.17) is 11.6 Å². The average molecular weight is 264 g/mol. The Kier molecular flexibility index (Phi) is 2.96. The topological polar surface area (TPSA) is 50.9 Å². The summed E-state index contributed by atoms with van der Waals surface area (Å²) < 4.78 is 1.93.